The number of aliphatic hydroxyl groups excluding tert-OH is 2. The van der Waals surface area contributed by atoms with Gasteiger partial charge in [-0.3, -0.25) is 4.79 Å². The third-order valence-corrected chi connectivity index (χ3v) is 4.07. The standard InChI is InChI=1S/C11H18N4O3S/c12-9-8(10(18)13-7(4-16)5-17)19-11(15-9)14-6-2-1-3-6/h6-7,16-17H,1-5,12H2,(H,13,18)(H,14,15). The molecule has 2 rings (SSSR count). The van der Waals surface area contributed by atoms with E-state index in [1.807, 2.05) is 0 Å². The molecule has 1 amide bonds. The van der Waals surface area contributed by atoms with Crippen molar-refractivity contribution in [2.45, 2.75) is 31.3 Å². The summed E-state index contributed by atoms with van der Waals surface area (Å²) in [6, 6.07) is -0.263. The van der Waals surface area contributed by atoms with E-state index in [0.717, 1.165) is 12.8 Å². The van der Waals surface area contributed by atoms with Gasteiger partial charge in [0.25, 0.3) is 5.91 Å². The number of carbonyl (C=O) groups excluding carboxylic acids is 1. The van der Waals surface area contributed by atoms with E-state index in [4.69, 9.17) is 15.9 Å². The number of hydrogen-bond acceptors (Lipinski definition) is 7. The molecule has 106 valence electrons. The highest BCUT2D eigenvalue weighted by Crippen LogP contribution is 2.29. The molecule has 1 aliphatic rings. The molecule has 0 atom stereocenters. The van der Waals surface area contributed by atoms with Crippen molar-refractivity contribution in [3.8, 4) is 0 Å². The molecule has 1 saturated carbocycles. The number of anilines is 2. The summed E-state index contributed by atoms with van der Waals surface area (Å²) >= 11 is 1.19. The molecule has 0 spiro atoms. The molecule has 1 fully saturated rings. The highest BCUT2D eigenvalue weighted by molar-refractivity contribution is 7.18. The van der Waals surface area contributed by atoms with Crippen molar-refractivity contribution < 1.29 is 15.0 Å². The van der Waals surface area contributed by atoms with Gasteiger partial charge >= 0.3 is 0 Å². The Kier molecular flexibility index (Phi) is 4.56. The van der Waals surface area contributed by atoms with E-state index in [1.54, 1.807) is 0 Å². The van der Waals surface area contributed by atoms with Crippen molar-refractivity contribution in [1.82, 2.24) is 10.3 Å². The first-order valence-corrected chi connectivity index (χ1v) is 7.01. The molecule has 0 aliphatic heterocycles. The fourth-order valence-corrected chi connectivity index (χ4v) is 2.55. The number of rotatable bonds is 6. The summed E-state index contributed by atoms with van der Waals surface area (Å²) in [7, 11) is 0. The minimum absolute atomic E-state index is 0.166. The number of aliphatic hydroxyl groups is 2. The quantitative estimate of drug-likeness (QED) is 0.493. The minimum atomic E-state index is -0.683. The lowest BCUT2D eigenvalue weighted by Gasteiger charge is -2.25. The van der Waals surface area contributed by atoms with Crippen LogP contribution in [0.25, 0.3) is 0 Å². The molecule has 0 radical (unpaired) electrons. The van der Waals surface area contributed by atoms with Gasteiger partial charge in [0.2, 0.25) is 0 Å². The lowest BCUT2D eigenvalue weighted by atomic mass is 9.93. The van der Waals surface area contributed by atoms with Crippen LogP contribution < -0.4 is 16.4 Å². The Labute approximate surface area is 114 Å². The Morgan fingerprint density at radius 2 is 2.16 bits per heavy atom. The number of thiazole rings is 1. The second-order valence-corrected chi connectivity index (χ2v) is 5.54. The average Bonchev–Trinajstić information content (AvgIpc) is 2.72. The van der Waals surface area contributed by atoms with Crippen LogP contribution in [-0.4, -0.2) is 46.4 Å². The maximum Gasteiger partial charge on any atom is 0.265 e. The van der Waals surface area contributed by atoms with Crippen molar-refractivity contribution in [3.63, 3.8) is 0 Å². The van der Waals surface area contributed by atoms with E-state index in [0.29, 0.717) is 16.1 Å². The van der Waals surface area contributed by atoms with Gasteiger partial charge in [-0.2, -0.15) is 0 Å². The van der Waals surface area contributed by atoms with E-state index in [2.05, 4.69) is 15.6 Å². The lowest BCUT2D eigenvalue weighted by molar-refractivity contribution is 0.0884. The van der Waals surface area contributed by atoms with Crippen molar-refractivity contribution >= 4 is 28.2 Å². The monoisotopic (exact) mass is 286 g/mol. The molecule has 7 nitrogen and oxygen atoms in total. The van der Waals surface area contributed by atoms with Crippen molar-refractivity contribution in [3.05, 3.63) is 4.88 Å². The van der Waals surface area contributed by atoms with Crippen molar-refractivity contribution in [2.24, 2.45) is 0 Å². The second-order valence-electron chi connectivity index (χ2n) is 4.54. The molecule has 8 heteroatoms. The largest absolute Gasteiger partial charge is 0.394 e. The number of nitrogens with two attached hydrogens (primary N) is 1. The van der Waals surface area contributed by atoms with Crippen LogP contribution in [-0.2, 0) is 0 Å². The van der Waals surface area contributed by atoms with Gasteiger partial charge in [0.1, 0.15) is 10.7 Å². The molecule has 6 N–H and O–H groups in total. The number of nitrogens with one attached hydrogen (secondary N) is 2. The maximum absolute atomic E-state index is 11.9. The molecule has 0 saturated heterocycles. The van der Waals surface area contributed by atoms with Gasteiger partial charge in [-0.25, -0.2) is 4.98 Å². The predicted octanol–water partition coefficient (Wildman–Crippen LogP) is -0.227. The molecule has 1 aromatic heterocycles. The van der Waals surface area contributed by atoms with Crippen LogP contribution in [0.4, 0.5) is 10.9 Å². The Hall–Kier alpha value is -1.38. The molecule has 1 aromatic rings. The van der Waals surface area contributed by atoms with Crippen LogP contribution in [0.2, 0.25) is 0 Å². The zero-order chi connectivity index (χ0) is 13.8. The smallest absolute Gasteiger partial charge is 0.265 e. The first-order valence-electron chi connectivity index (χ1n) is 6.19. The van der Waals surface area contributed by atoms with Crippen LogP contribution in [0.3, 0.4) is 0 Å². The lowest BCUT2D eigenvalue weighted by Crippen LogP contribution is -2.40. The van der Waals surface area contributed by atoms with E-state index in [-0.39, 0.29) is 19.0 Å². The average molecular weight is 286 g/mol. The second kappa shape index (κ2) is 6.18. The van der Waals surface area contributed by atoms with E-state index < -0.39 is 11.9 Å². The molecular weight excluding hydrogens is 268 g/mol. The molecule has 19 heavy (non-hydrogen) atoms. The molecule has 1 aliphatic carbocycles. The maximum atomic E-state index is 11.9. The summed E-state index contributed by atoms with van der Waals surface area (Å²) in [4.78, 5) is 16.3. The number of carbonyl (C=O) groups is 1. The van der Waals surface area contributed by atoms with Gasteiger partial charge in [0, 0.05) is 6.04 Å². The topological polar surface area (TPSA) is 120 Å². The Balaban J connectivity index is 2.00. The highest BCUT2D eigenvalue weighted by Gasteiger charge is 2.22. The van der Waals surface area contributed by atoms with E-state index >= 15 is 0 Å². The first kappa shape index (κ1) is 14.0. The van der Waals surface area contributed by atoms with Gasteiger partial charge in [-0.05, 0) is 19.3 Å². The minimum Gasteiger partial charge on any atom is -0.394 e. The summed E-state index contributed by atoms with van der Waals surface area (Å²) < 4.78 is 0. The van der Waals surface area contributed by atoms with Gasteiger partial charge < -0.3 is 26.6 Å². The summed E-state index contributed by atoms with van der Waals surface area (Å²) in [5.74, 6) is -0.260. The normalized spacial score (nSPS) is 15.3. The van der Waals surface area contributed by atoms with Gasteiger partial charge in [-0.1, -0.05) is 11.3 Å². The molecular formula is C11H18N4O3S. The third-order valence-electron chi connectivity index (χ3n) is 3.07. The van der Waals surface area contributed by atoms with Gasteiger partial charge in [-0.15, -0.1) is 0 Å². The Bertz CT molecular complexity index is 443. The Morgan fingerprint density at radius 3 is 2.68 bits per heavy atom. The number of hydrogen-bond donors (Lipinski definition) is 5. The zero-order valence-electron chi connectivity index (χ0n) is 10.4. The zero-order valence-corrected chi connectivity index (χ0v) is 11.2. The predicted molar refractivity (Wildman–Crippen MR) is 73.2 cm³/mol. The van der Waals surface area contributed by atoms with Crippen LogP contribution in [0, 0.1) is 0 Å². The SMILES string of the molecule is Nc1nc(NC2CCC2)sc1C(=O)NC(CO)CO. The van der Waals surface area contributed by atoms with Gasteiger partial charge in [0.05, 0.1) is 19.3 Å². The summed E-state index contributed by atoms with van der Waals surface area (Å²) in [6.45, 7) is -0.651. The van der Waals surface area contributed by atoms with Crippen molar-refractivity contribution in [2.75, 3.05) is 24.3 Å². The Morgan fingerprint density at radius 1 is 1.47 bits per heavy atom. The van der Waals surface area contributed by atoms with E-state index in [9.17, 15) is 4.79 Å². The fraction of sp³-hybridized carbons (Fsp3) is 0.636. The molecule has 1 heterocycles. The number of nitrogens with zero attached hydrogens (tertiary/aromatic N) is 1. The van der Waals surface area contributed by atoms with Crippen LogP contribution >= 0.6 is 11.3 Å². The fourth-order valence-electron chi connectivity index (χ4n) is 1.68. The molecule has 0 aromatic carbocycles. The van der Waals surface area contributed by atoms with Crippen LogP contribution in [0.15, 0.2) is 0 Å². The van der Waals surface area contributed by atoms with Crippen LogP contribution in [0.5, 0.6) is 0 Å². The number of nitrogen functional groups attached to an aromatic ring is 1. The number of amides is 1. The summed E-state index contributed by atoms with van der Waals surface area (Å²) in [5, 5.41) is 24.2. The summed E-state index contributed by atoms with van der Waals surface area (Å²) in [6.07, 6.45) is 3.43. The third kappa shape index (κ3) is 3.34. The van der Waals surface area contributed by atoms with E-state index in [1.165, 1.54) is 17.8 Å². The van der Waals surface area contributed by atoms with Gasteiger partial charge in [0.15, 0.2) is 5.13 Å². The van der Waals surface area contributed by atoms with Crippen LogP contribution in [0.1, 0.15) is 28.9 Å². The molecule has 0 unspecified atom stereocenters. The highest BCUT2D eigenvalue weighted by atomic mass is 32.1. The van der Waals surface area contributed by atoms with Crippen molar-refractivity contribution in [1.29, 1.82) is 0 Å². The number of aromatic nitrogens is 1. The molecule has 0 bridgehead atoms. The first-order chi connectivity index (χ1) is 9.13. The summed E-state index contributed by atoms with van der Waals surface area (Å²) in [5.41, 5.74) is 5.71.